The lowest BCUT2D eigenvalue weighted by Gasteiger charge is -2.22. The zero-order valence-corrected chi connectivity index (χ0v) is 10.3. The molecule has 1 aromatic rings. The lowest BCUT2D eigenvalue weighted by atomic mass is 10.2. The first-order chi connectivity index (χ1) is 7.38. The number of hydrogen-bond donors (Lipinski definition) is 1. The normalized spacial score (nSPS) is 10.8. The highest BCUT2D eigenvalue weighted by Gasteiger charge is 2.17. The summed E-state index contributed by atoms with van der Waals surface area (Å²) in [5.74, 6) is 0. The molecule has 88 valence electrons. The molecule has 0 atom stereocenters. The van der Waals surface area contributed by atoms with Crippen LogP contribution in [-0.2, 0) is 4.74 Å². The summed E-state index contributed by atoms with van der Waals surface area (Å²) in [6, 6.07) is 9.04. The molecule has 1 N–H and O–H groups in total. The third-order valence-electron chi connectivity index (χ3n) is 1.57. The molecule has 0 heterocycles. The van der Waals surface area contributed by atoms with Crippen LogP contribution in [-0.4, -0.2) is 11.7 Å². The number of amides is 1. The summed E-state index contributed by atoms with van der Waals surface area (Å²) in [4.78, 5) is 11.4. The topological polar surface area (TPSA) is 41.6 Å². The van der Waals surface area contributed by atoms with Gasteiger partial charge in [0.2, 0.25) is 0 Å². The highest BCUT2D eigenvalue weighted by Crippen LogP contribution is 2.13. The number of nitrogens with zero attached hydrogens (tertiary/aromatic N) is 1. The van der Waals surface area contributed by atoms with Crippen molar-refractivity contribution in [1.29, 1.82) is 0 Å². The van der Waals surface area contributed by atoms with Crippen LogP contribution in [0.3, 0.4) is 0 Å². The predicted molar refractivity (Wildman–Crippen MR) is 64.1 cm³/mol. The van der Waals surface area contributed by atoms with Crippen molar-refractivity contribution in [3.05, 3.63) is 30.3 Å². The zero-order valence-electron chi connectivity index (χ0n) is 9.53. The molecule has 0 aliphatic carbocycles. The van der Waals surface area contributed by atoms with Gasteiger partial charge in [0.05, 0.1) is 5.69 Å². The number of hydrogen-bond acceptors (Lipinski definition) is 3. The molecular formula is C11H15ClN2O2. The van der Waals surface area contributed by atoms with Crippen molar-refractivity contribution in [3.8, 4) is 0 Å². The molecule has 0 saturated carbocycles. The number of halogens is 1. The molecule has 0 bridgehead atoms. The van der Waals surface area contributed by atoms with Crippen LogP contribution in [0.1, 0.15) is 20.8 Å². The molecule has 16 heavy (non-hydrogen) atoms. The van der Waals surface area contributed by atoms with E-state index in [1.54, 1.807) is 32.9 Å². The fourth-order valence-corrected chi connectivity index (χ4v) is 1.19. The Labute approximate surface area is 100 Å². The molecule has 0 aromatic heterocycles. The molecule has 4 nitrogen and oxygen atoms in total. The van der Waals surface area contributed by atoms with E-state index in [9.17, 15) is 4.79 Å². The van der Waals surface area contributed by atoms with Crippen LogP contribution in [0.5, 0.6) is 0 Å². The maximum atomic E-state index is 11.4. The van der Waals surface area contributed by atoms with Crippen LogP contribution < -0.4 is 9.95 Å². The number of hydrazine groups is 1. The summed E-state index contributed by atoms with van der Waals surface area (Å²) >= 11 is 5.85. The van der Waals surface area contributed by atoms with Gasteiger partial charge in [-0.25, -0.2) is 10.2 Å². The number of nitrogens with one attached hydrogen (secondary N) is 1. The van der Waals surface area contributed by atoms with Gasteiger partial charge in [0.15, 0.2) is 0 Å². The van der Waals surface area contributed by atoms with Gasteiger partial charge in [0, 0.05) is 11.8 Å². The summed E-state index contributed by atoms with van der Waals surface area (Å²) in [6.07, 6.45) is -0.591. The quantitative estimate of drug-likeness (QED) is 0.640. The van der Waals surface area contributed by atoms with Gasteiger partial charge in [0.1, 0.15) is 5.60 Å². The lowest BCUT2D eigenvalue weighted by Crippen LogP contribution is -2.39. The van der Waals surface area contributed by atoms with E-state index in [-0.39, 0.29) is 0 Å². The Balaban J connectivity index is 2.52. The van der Waals surface area contributed by atoms with Crippen LogP contribution in [0.2, 0.25) is 0 Å². The molecule has 0 aliphatic heterocycles. The van der Waals surface area contributed by atoms with Crippen molar-refractivity contribution in [2.75, 3.05) is 4.53 Å². The van der Waals surface area contributed by atoms with Crippen molar-refractivity contribution in [3.63, 3.8) is 0 Å². The minimum atomic E-state index is -0.591. The minimum Gasteiger partial charge on any atom is -0.443 e. The van der Waals surface area contributed by atoms with Crippen LogP contribution in [0.4, 0.5) is 10.5 Å². The van der Waals surface area contributed by atoms with Gasteiger partial charge in [-0.05, 0) is 32.9 Å². The van der Waals surface area contributed by atoms with E-state index < -0.39 is 11.7 Å². The second kappa shape index (κ2) is 5.07. The Morgan fingerprint density at radius 1 is 1.31 bits per heavy atom. The Morgan fingerprint density at radius 2 is 1.88 bits per heavy atom. The molecule has 0 unspecified atom stereocenters. The summed E-state index contributed by atoms with van der Waals surface area (Å²) in [5.41, 5.74) is 2.51. The molecule has 0 fully saturated rings. The van der Waals surface area contributed by atoms with Crippen LogP contribution >= 0.6 is 11.8 Å². The number of rotatable bonds is 2. The monoisotopic (exact) mass is 242 g/mol. The van der Waals surface area contributed by atoms with Gasteiger partial charge in [-0.1, -0.05) is 18.2 Å². The van der Waals surface area contributed by atoms with Crippen molar-refractivity contribution in [2.45, 2.75) is 26.4 Å². The van der Waals surface area contributed by atoms with E-state index in [1.165, 1.54) is 0 Å². The van der Waals surface area contributed by atoms with Gasteiger partial charge in [0.25, 0.3) is 0 Å². The van der Waals surface area contributed by atoms with Gasteiger partial charge < -0.3 is 4.74 Å². The SMILES string of the molecule is CC(C)(C)OC(=O)NN(Cl)c1ccccc1. The average molecular weight is 243 g/mol. The van der Waals surface area contributed by atoms with Gasteiger partial charge in [-0.15, -0.1) is 0 Å². The summed E-state index contributed by atoms with van der Waals surface area (Å²) in [7, 11) is 0. The maximum absolute atomic E-state index is 11.4. The highest BCUT2D eigenvalue weighted by atomic mass is 35.5. The average Bonchev–Trinajstić information content (AvgIpc) is 2.16. The fraction of sp³-hybridized carbons (Fsp3) is 0.364. The number of carbonyl (C=O) groups is 1. The van der Waals surface area contributed by atoms with E-state index in [4.69, 9.17) is 16.5 Å². The van der Waals surface area contributed by atoms with Crippen molar-refractivity contribution >= 4 is 23.6 Å². The van der Waals surface area contributed by atoms with Gasteiger partial charge in [-0.2, -0.15) is 4.53 Å². The molecule has 0 spiro atoms. The molecule has 1 amide bonds. The van der Waals surface area contributed by atoms with Gasteiger partial charge in [-0.3, -0.25) is 0 Å². The smallest absolute Gasteiger partial charge is 0.427 e. The Bertz CT molecular complexity index is 349. The first-order valence-electron chi connectivity index (χ1n) is 4.89. The summed E-state index contributed by atoms with van der Waals surface area (Å²) < 4.78 is 6.15. The molecule has 1 aromatic carbocycles. The van der Waals surface area contributed by atoms with E-state index in [0.717, 1.165) is 4.53 Å². The van der Waals surface area contributed by atoms with Gasteiger partial charge >= 0.3 is 6.09 Å². The van der Waals surface area contributed by atoms with Crippen LogP contribution in [0, 0.1) is 0 Å². The number of benzene rings is 1. The fourth-order valence-electron chi connectivity index (χ4n) is 1.00. The van der Waals surface area contributed by atoms with E-state index >= 15 is 0 Å². The van der Waals surface area contributed by atoms with E-state index in [0.29, 0.717) is 5.69 Å². The third kappa shape index (κ3) is 4.40. The Kier molecular flexibility index (Phi) is 4.01. The first-order valence-corrected chi connectivity index (χ1v) is 5.23. The minimum absolute atomic E-state index is 0.543. The largest absolute Gasteiger partial charge is 0.443 e. The first kappa shape index (κ1) is 12.6. The molecule has 5 heteroatoms. The van der Waals surface area contributed by atoms with E-state index in [2.05, 4.69) is 5.43 Å². The van der Waals surface area contributed by atoms with Crippen molar-refractivity contribution in [1.82, 2.24) is 5.43 Å². The number of carbonyl (C=O) groups excluding carboxylic acids is 1. The lowest BCUT2D eigenvalue weighted by molar-refractivity contribution is 0.0531. The second-order valence-corrected chi connectivity index (χ2v) is 4.57. The number of anilines is 1. The number of para-hydroxylation sites is 1. The second-order valence-electron chi connectivity index (χ2n) is 4.23. The van der Waals surface area contributed by atoms with Crippen LogP contribution in [0.15, 0.2) is 30.3 Å². The molecule has 0 radical (unpaired) electrons. The maximum Gasteiger partial charge on any atom is 0.427 e. The summed E-state index contributed by atoms with van der Waals surface area (Å²) in [6.45, 7) is 5.36. The highest BCUT2D eigenvalue weighted by molar-refractivity contribution is 6.25. The third-order valence-corrected chi connectivity index (χ3v) is 1.85. The predicted octanol–water partition coefficient (Wildman–Crippen LogP) is 3.09. The van der Waals surface area contributed by atoms with Crippen molar-refractivity contribution < 1.29 is 9.53 Å². The van der Waals surface area contributed by atoms with E-state index in [1.807, 2.05) is 18.2 Å². The summed E-state index contributed by atoms with van der Waals surface area (Å²) in [5, 5.41) is 0. The molecular weight excluding hydrogens is 228 g/mol. The Morgan fingerprint density at radius 3 is 2.38 bits per heavy atom. The van der Waals surface area contributed by atoms with Crippen LogP contribution in [0.25, 0.3) is 0 Å². The molecule has 0 aliphatic rings. The van der Waals surface area contributed by atoms with Crippen molar-refractivity contribution in [2.24, 2.45) is 0 Å². The molecule has 0 saturated heterocycles. The molecule has 1 rings (SSSR count). The zero-order chi connectivity index (χ0) is 12.2. The Hall–Kier alpha value is -1.42. The number of ether oxygens (including phenoxy) is 1. The standard InChI is InChI=1S/C11H15ClN2O2/c1-11(2,3)16-10(15)13-14(12)9-7-5-4-6-8-9/h4-8H,1-3H3,(H,13,15).